The second-order valence-electron chi connectivity index (χ2n) is 28.9. The van der Waals surface area contributed by atoms with E-state index in [9.17, 15) is 33.5 Å². The zero-order chi connectivity index (χ0) is 57.7. The number of hydrogen-bond acceptors (Lipinski definition) is 8. The van der Waals surface area contributed by atoms with Gasteiger partial charge in [0.1, 0.15) is 11.8 Å². The van der Waals surface area contributed by atoms with Gasteiger partial charge in [0, 0.05) is 40.2 Å². The average Bonchev–Trinajstić information content (AvgIpc) is 4.01. The fourth-order valence-electron chi connectivity index (χ4n) is 19.4. The number of carbonyl (C=O) groups excluding carboxylic acids is 4. The molecular formula is C63H111N4O9P. The van der Waals surface area contributed by atoms with Crippen LogP contribution in [-0.4, -0.2) is 132 Å². The molecule has 0 aromatic carbocycles. The topological polar surface area (TPSA) is 166 Å². The van der Waals surface area contributed by atoms with Gasteiger partial charge in [0.15, 0.2) is 0 Å². The standard InChI is InChI=1S/C63H111N4O9P/c1-20-41(8)55(66(17)58(71)53(39(4)5)64-57(70)54(40(6)7)65(15)16)48(75-18)36-51(69)67-35-21-22-46(67)56(76-19)42(9)47(68)27-32-63-31-26-44(38(2)3)52(63)45-23-24-50-60(12)29-25-43(37-77(72,73)74)59(10,11)49(60)28-30-62(50,14)61(45,13)33-34-63/h39-46,48-50,52-56H,2,20-37H2,1,3-19H3,(H,64,70)(H2,72,73,74)/t41-,42-,43+,44?,45?,46?,48+,49?,50?,52?,53?,54-,55-,56+,60-,61+,62+,63-/m0/s1. The van der Waals surface area contributed by atoms with Gasteiger partial charge in [0.05, 0.1) is 42.9 Å². The molecule has 7 unspecified atom stereocenters. The molecule has 0 aromatic heterocycles. The minimum absolute atomic E-state index is 0.00830. The molecule has 5 aliphatic carbocycles. The number of ether oxygens (including phenoxy) is 2. The molecule has 18 atom stereocenters. The van der Waals surface area contributed by atoms with E-state index < -0.39 is 43.8 Å². The lowest BCUT2D eigenvalue weighted by molar-refractivity contribution is -0.242. The smallest absolute Gasteiger partial charge is 0.325 e. The summed E-state index contributed by atoms with van der Waals surface area (Å²) in [5.41, 5.74) is 1.61. The van der Waals surface area contributed by atoms with Crippen LogP contribution in [0.25, 0.3) is 0 Å². The third kappa shape index (κ3) is 12.1. The van der Waals surface area contributed by atoms with Crippen molar-refractivity contribution >= 4 is 31.1 Å². The molecule has 0 spiro atoms. The van der Waals surface area contributed by atoms with Crippen LogP contribution in [0, 0.1) is 86.3 Å². The van der Waals surface area contributed by atoms with Gasteiger partial charge >= 0.3 is 7.60 Å². The normalized spacial score (nSPS) is 35.7. The van der Waals surface area contributed by atoms with E-state index in [-0.39, 0.29) is 92.9 Å². The van der Waals surface area contributed by atoms with Gasteiger partial charge in [0.25, 0.3) is 0 Å². The summed E-state index contributed by atoms with van der Waals surface area (Å²) in [7, 11) is 4.70. The number of carbonyl (C=O) groups is 4. The number of likely N-dealkylation sites (tertiary alicyclic amines) is 1. The maximum Gasteiger partial charge on any atom is 0.325 e. The Morgan fingerprint density at radius 2 is 1.48 bits per heavy atom. The van der Waals surface area contributed by atoms with Crippen molar-refractivity contribution in [1.82, 2.24) is 20.0 Å². The summed E-state index contributed by atoms with van der Waals surface area (Å²) >= 11 is 0. The summed E-state index contributed by atoms with van der Waals surface area (Å²) in [4.78, 5) is 83.4. The maximum atomic E-state index is 14.8. The number of nitrogens with one attached hydrogen (secondary N) is 1. The van der Waals surface area contributed by atoms with Crippen molar-refractivity contribution in [3.8, 4) is 0 Å². The van der Waals surface area contributed by atoms with Crippen LogP contribution in [0.5, 0.6) is 0 Å². The Hall–Kier alpha value is -2.15. The molecule has 3 N–H and O–H groups in total. The molecule has 6 rings (SSSR count). The molecule has 1 aliphatic heterocycles. The summed E-state index contributed by atoms with van der Waals surface area (Å²) in [6, 6.07) is -1.86. The van der Waals surface area contributed by atoms with Gasteiger partial charge < -0.3 is 34.4 Å². The number of hydrogen-bond donors (Lipinski definition) is 3. The van der Waals surface area contributed by atoms with Crippen molar-refractivity contribution in [3.05, 3.63) is 12.2 Å². The SMILES string of the molecule is C=C(C)C1CC[C@]2(CCC(=O)[C@H](C)[C@@H](OC)C3CCCN3C(=O)C[C@@H](OC)[C@H]([C@@H](C)CC)N(C)C(=O)C(NC(=O)[C@H](C(C)C)N(C)C)C(C)C)CC[C@]3(C)C(CCC4[C@@]5(C)CC[C@H](CP(=O)(O)O)C(C)(C)C5CC[C@]43C)C12. The van der Waals surface area contributed by atoms with Crippen molar-refractivity contribution < 1.29 is 43.0 Å². The van der Waals surface area contributed by atoms with Crippen molar-refractivity contribution in [2.24, 2.45) is 86.3 Å². The molecule has 6 fully saturated rings. The number of fused-ring (bicyclic) bond motifs is 7. The molecule has 0 aromatic rings. The number of ketones is 1. The van der Waals surface area contributed by atoms with Crippen LogP contribution in [0.4, 0.5) is 0 Å². The number of methoxy groups -OCH3 is 2. The van der Waals surface area contributed by atoms with E-state index in [1.165, 1.54) is 18.4 Å². The Morgan fingerprint density at radius 1 is 0.818 bits per heavy atom. The average molecular weight is 1100 g/mol. The van der Waals surface area contributed by atoms with E-state index >= 15 is 0 Å². The summed E-state index contributed by atoms with van der Waals surface area (Å²) in [5, 5.41) is 3.09. The van der Waals surface area contributed by atoms with Crippen LogP contribution in [0.3, 0.4) is 0 Å². The Labute approximate surface area is 467 Å². The summed E-state index contributed by atoms with van der Waals surface area (Å²) < 4.78 is 24.9. The first-order chi connectivity index (χ1) is 35.7. The molecule has 5 saturated carbocycles. The molecule has 77 heavy (non-hydrogen) atoms. The monoisotopic (exact) mass is 1100 g/mol. The molecule has 13 nitrogen and oxygen atoms in total. The number of rotatable bonds is 23. The number of amides is 3. The van der Waals surface area contributed by atoms with Crippen molar-refractivity contribution in [1.29, 1.82) is 0 Å². The highest BCUT2D eigenvalue weighted by Crippen LogP contribution is 2.78. The lowest BCUT2D eigenvalue weighted by Crippen LogP contribution is -2.66. The molecule has 14 heteroatoms. The molecular weight excluding hydrogens is 988 g/mol. The highest BCUT2D eigenvalue weighted by atomic mass is 31.2. The third-order valence-corrected chi connectivity index (χ3v) is 24.8. The van der Waals surface area contributed by atoms with Crippen LogP contribution in [-0.2, 0) is 33.2 Å². The second kappa shape index (κ2) is 24.4. The quantitative estimate of drug-likeness (QED) is 0.0662. The zero-order valence-electron chi connectivity index (χ0n) is 51.7. The van der Waals surface area contributed by atoms with Gasteiger partial charge in [-0.25, -0.2) is 0 Å². The van der Waals surface area contributed by atoms with Crippen LogP contribution in [0.1, 0.15) is 193 Å². The van der Waals surface area contributed by atoms with E-state index in [1.807, 2.05) is 58.5 Å². The number of Topliss-reactive ketones (excluding diaryl/α,β-unsaturated/α-hetero) is 1. The van der Waals surface area contributed by atoms with Crippen molar-refractivity contribution in [2.75, 3.05) is 48.1 Å². The van der Waals surface area contributed by atoms with Crippen molar-refractivity contribution in [3.63, 3.8) is 0 Å². The van der Waals surface area contributed by atoms with Crippen LogP contribution in [0.2, 0.25) is 0 Å². The first-order valence-corrected chi connectivity index (χ1v) is 32.3. The molecule has 442 valence electrons. The van der Waals surface area contributed by atoms with Gasteiger partial charge in [-0.15, -0.1) is 0 Å². The van der Waals surface area contributed by atoms with Crippen LogP contribution < -0.4 is 5.32 Å². The first-order valence-electron chi connectivity index (χ1n) is 30.5. The summed E-state index contributed by atoms with van der Waals surface area (Å²) in [6.07, 6.45) is 13.7. The second-order valence-corrected chi connectivity index (χ2v) is 30.6. The van der Waals surface area contributed by atoms with Gasteiger partial charge in [-0.1, -0.05) is 102 Å². The molecule has 0 radical (unpaired) electrons. The summed E-state index contributed by atoms with van der Waals surface area (Å²) in [6.45, 7) is 34.0. The van der Waals surface area contributed by atoms with Crippen LogP contribution >= 0.6 is 7.60 Å². The number of nitrogens with zero attached hydrogens (tertiary/aromatic N) is 3. The van der Waals surface area contributed by atoms with E-state index in [0.29, 0.717) is 42.6 Å². The minimum atomic E-state index is -4.12. The van der Waals surface area contributed by atoms with Gasteiger partial charge in [-0.3, -0.25) is 28.6 Å². The molecule has 6 aliphatic rings. The lowest BCUT2D eigenvalue weighted by Gasteiger charge is -2.73. The first kappa shape index (κ1) is 64.0. The number of allylic oxidation sites excluding steroid dienone is 1. The third-order valence-electron chi connectivity index (χ3n) is 23.9. The lowest BCUT2D eigenvalue weighted by atomic mass is 9.32. The Morgan fingerprint density at radius 3 is 2.04 bits per heavy atom. The van der Waals surface area contributed by atoms with E-state index in [0.717, 1.165) is 77.0 Å². The zero-order valence-corrected chi connectivity index (χ0v) is 52.6. The van der Waals surface area contributed by atoms with Gasteiger partial charge in [0.2, 0.25) is 17.7 Å². The predicted molar refractivity (Wildman–Crippen MR) is 309 cm³/mol. The Kier molecular flexibility index (Phi) is 20.3. The Balaban J connectivity index is 1.16. The Bertz CT molecular complexity index is 2150. The molecule has 0 bridgehead atoms. The highest BCUT2D eigenvalue weighted by Gasteiger charge is 2.71. The van der Waals surface area contributed by atoms with Crippen LogP contribution in [0.15, 0.2) is 12.2 Å². The number of likely N-dealkylation sites (N-methyl/N-ethyl adjacent to an activating group) is 2. The highest BCUT2D eigenvalue weighted by molar-refractivity contribution is 7.51. The minimum Gasteiger partial charge on any atom is -0.379 e. The predicted octanol–water partition coefficient (Wildman–Crippen LogP) is 11.4. The largest absolute Gasteiger partial charge is 0.379 e. The molecule has 1 saturated heterocycles. The summed E-state index contributed by atoms with van der Waals surface area (Å²) in [5.74, 6) is 1.65. The maximum absolute atomic E-state index is 14.8. The van der Waals surface area contributed by atoms with E-state index in [2.05, 4.69) is 67.3 Å². The van der Waals surface area contributed by atoms with Gasteiger partial charge in [-0.2, -0.15) is 0 Å². The van der Waals surface area contributed by atoms with E-state index in [4.69, 9.17) is 9.47 Å². The van der Waals surface area contributed by atoms with E-state index in [1.54, 1.807) is 26.2 Å². The van der Waals surface area contributed by atoms with Crippen molar-refractivity contribution in [2.45, 2.75) is 229 Å². The fraction of sp³-hybridized carbons (Fsp3) is 0.905. The fourth-order valence-corrected chi connectivity index (χ4v) is 20.7. The molecule has 1 heterocycles. The molecule has 3 amide bonds. The van der Waals surface area contributed by atoms with Gasteiger partial charge in [-0.05, 0) is 185 Å².